The molecule has 1 atom stereocenters. The van der Waals surface area contributed by atoms with E-state index in [-0.39, 0.29) is 12.4 Å². The van der Waals surface area contributed by atoms with Crippen LogP contribution in [0.2, 0.25) is 0 Å². The number of aromatic nitrogens is 3. The highest BCUT2D eigenvalue weighted by Crippen LogP contribution is 2.43. The van der Waals surface area contributed by atoms with E-state index in [0.29, 0.717) is 28.9 Å². The van der Waals surface area contributed by atoms with Gasteiger partial charge in [-0.2, -0.15) is 0 Å². The number of aliphatic hydroxyl groups is 1. The van der Waals surface area contributed by atoms with E-state index in [1.807, 2.05) is 19.1 Å². The number of ether oxygens (including phenoxy) is 2. The SMILES string of the molecule is COc1cnc2c(-c3nc4cc(F)c5c(c4s3)C[C@H](CO)O5)cc(C)cc2n1. The zero-order chi connectivity index (χ0) is 19.4. The molecule has 0 aliphatic carbocycles. The van der Waals surface area contributed by atoms with E-state index >= 15 is 0 Å². The molecule has 2 aromatic heterocycles. The third-order valence-electron chi connectivity index (χ3n) is 4.81. The summed E-state index contributed by atoms with van der Waals surface area (Å²) in [6.07, 6.45) is 1.62. The van der Waals surface area contributed by atoms with Crippen molar-refractivity contribution in [3.05, 3.63) is 41.3 Å². The number of halogens is 1. The molecule has 0 unspecified atom stereocenters. The van der Waals surface area contributed by atoms with Crippen molar-refractivity contribution in [3.8, 4) is 22.2 Å². The largest absolute Gasteiger partial charge is 0.484 e. The van der Waals surface area contributed by atoms with Gasteiger partial charge in [0.2, 0.25) is 5.88 Å². The van der Waals surface area contributed by atoms with Gasteiger partial charge in [0, 0.05) is 23.6 Å². The maximum atomic E-state index is 14.5. The summed E-state index contributed by atoms with van der Waals surface area (Å²) in [6, 6.07) is 5.34. The maximum Gasteiger partial charge on any atom is 0.232 e. The second-order valence-electron chi connectivity index (χ2n) is 6.75. The van der Waals surface area contributed by atoms with Gasteiger partial charge in [-0.3, -0.25) is 0 Å². The first-order valence-electron chi connectivity index (χ1n) is 8.78. The third-order valence-corrected chi connectivity index (χ3v) is 5.97. The van der Waals surface area contributed by atoms with Gasteiger partial charge in [-0.25, -0.2) is 19.3 Å². The van der Waals surface area contributed by atoms with Gasteiger partial charge in [0.05, 0.1) is 41.2 Å². The highest BCUT2D eigenvalue weighted by Gasteiger charge is 2.29. The van der Waals surface area contributed by atoms with Crippen LogP contribution in [-0.4, -0.2) is 39.9 Å². The molecule has 0 fully saturated rings. The van der Waals surface area contributed by atoms with E-state index in [2.05, 4.69) is 15.0 Å². The average molecular weight is 397 g/mol. The Hall–Kier alpha value is -2.84. The highest BCUT2D eigenvalue weighted by atomic mass is 32.1. The van der Waals surface area contributed by atoms with E-state index in [9.17, 15) is 9.50 Å². The first-order chi connectivity index (χ1) is 13.6. The van der Waals surface area contributed by atoms with Crippen molar-refractivity contribution < 1.29 is 19.0 Å². The number of fused-ring (bicyclic) bond motifs is 4. The molecule has 8 heteroatoms. The fraction of sp³-hybridized carbons (Fsp3) is 0.250. The molecule has 0 radical (unpaired) electrons. The van der Waals surface area contributed by atoms with Gasteiger partial charge in [-0.1, -0.05) is 0 Å². The number of nitrogens with zero attached hydrogens (tertiary/aromatic N) is 3. The summed E-state index contributed by atoms with van der Waals surface area (Å²) in [4.78, 5) is 13.6. The van der Waals surface area contributed by atoms with Gasteiger partial charge in [0.25, 0.3) is 0 Å². The second kappa shape index (κ2) is 6.35. The van der Waals surface area contributed by atoms with Crippen molar-refractivity contribution in [2.24, 2.45) is 0 Å². The third kappa shape index (κ3) is 2.60. The lowest BCUT2D eigenvalue weighted by molar-refractivity contribution is 0.131. The zero-order valence-corrected chi connectivity index (χ0v) is 16.0. The van der Waals surface area contributed by atoms with Crippen LogP contribution in [0, 0.1) is 12.7 Å². The van der Waals surface area contributed by atoms with Gasteiger partial charge in [0.1, 0.15) is 11.1 Å². The fourth-order valence-corrected chi connectivity index (χ4v) is 4.67. The summed E-state index contributed by atoms with van der Waals surface area (Å²) in [6.45, 7) is 1.83. The molecule has 0 amide bonds. The molecule has 6 nitrogen and oxygen atoms in total. The molecular formula is C20H16FN3O3S. The Morgan fingerprint density at radius 3 is 2.93 bits per heavy atom. The van der Waals surface area contributed by atoms with Crippen LogP contribution in [0.4, 0.5) is 4.39 Å². The number of benzene rings is 2. The summed E-state index contributed by atoms with van der Waals surface area (Å²) in [5.41, 5.74) is 4.64. The Balaban J connectivity index is 1.73. The summed E-state index contributed by atoms with van der Waals surface area (Å²) in [7, 11) is 1.55. The van der Waals surface area contributed by atoms with Gasteiger partial charge in [-0.15, -0.1) is 11.3 Å². The number of methoxy groups -OCH3 is 1. The van der Waals surface area contributed by atoms with Crippen LogP contribution < -0.4 is 9.47 Å². The molecule has 1 aliphatic rings. The van der Waals surface area contributed by atoms with Crippen molar-refractivity contribution in [1.29, 1.82) is 0 Å². The maximum absolute atomic E-state index is 14.5. The van der Waals surface area contributed by atoms with Crippen LogP contribution in [0.25, 0.3) is 31.8 Å². The Bertz CT molecular complexity index is 1240. The van der Waals surface area contributed by atoms with Crippen LogP contribution in [0.3, 0.4) is 0 Å². The van der Waals surface area contributed by atoms with E-state index in [1.54, 1.807) is 13.3 Å². The lowest BCUT2D eigenvalue weighted by Crippen LogP contribution is -2.17. The minimum atomic E-state index is -0.450. The number of hydrogen-bond donors (Lipinski definition) is 1. The first-order valence-corrected chi connectivity index (χ1v) is 9.60. The van der Waals surface area contributed by atoms with Gasteiger partial charge in [0.15, 0.2) is 11.6 Å². The van der Waals surface area contributed by atoms with Crippen molar-refractivity contribution in [1.82, 2.24) is 15.0 Å². The molecule has 0 saturated carbocycles. The van der Waals surface area contributed by atoms with Gasteiger partial charge in [-0.05, 0) is 24.6 Å². The Labute approximate surface area is 163 Å². The number of hydrogen-bond acceptors (Lipinski definition) is 7. The van der Waals surface area contributed by atoms with E-state index in [0.717, 1.165) is 26.4 Å². The van der Waals surface area contributed by atoms with Crippen molar-refractivity contribution in [2.75, 3.05) is 13.7 Å². The molecule has 0 saturated heterocycles. The molecule has 2 aromatic carbocycles. The van der Waals surface area contributed by atoms with Crippen LogP contribution in [0.5, 0.6) is 11.6 Å². The predicted molar refractivity (Wildman–Crippen MR) is 105 cm³/mol. The fourth-order valence-electron chi connectivity index (χ4n) is 3.55. The first kappa shape index (κ1) is 17.3. The van der Waals surface area contributed by atoms with Gasteiger partial charge >= 0.3 is 0 Å². The molecule has 28 heavy (non-hydrogen) atoms. The zero-order valence-electron chi connectivity index (χ0n) is 15.2. The summed E-state index contributed by atoms with van der Waals surface area (Å²) in [5.74, 6) is 0.217. The molecule has 3 heterocycles. The van der Waals surface area contributed by atoms with Crippen LogP contribution in [0.15, 0.2) is 24.4 Å². The van der Waals surface area contributed by atoms with Crippen LogP contribution in [-0.2, 0) is 6.42 Å². The van der Waals surface area contributed by atoms with Gasteiger partial charge < -0.3 is 14.6 Å². The Kier molecular flexibility index (Phi) is 3.92. The highest BCUT2D eigenvalue weighted by molar-refractivity contribution is 7.22. The predicted octanol–water partition coefficient (Wildman–Crippen LogP) is 3.66. The smallest absolute Gasteiger partial charge is 0.232 e. The van der Waals surface area contributed by atoms with Crippen molar-refractivity contribution in [3.63, 3.8) is 0 Å². The molecule has 0 bridgehead atoms. The minimum Gasteiger partial charge on any atom is -0.484 e. The average Bonchev–Trinajstić information content (AvgIpc) is 3.31. The molecule has 4 aromatic rings. The summed E-state index contributed by atoms with van der Waals surface area (Å²) >= 11 is 1.47. The van der Waals surface area contributed by atoms with Crippen LogP contribution >= 0.6 is 11.3 Å². The monoisotopic (exact) mass is 397 g/mol. The van der Waals surface area contributed by atoms with E-state index < -0.39 is 11.9 Å². The summed E-state index contributed by atoms with van der Waals surface area (Å²) in [5, 5.41) is 10.1. The number of aliphatic hydroxyl groups excluding tert-OH is 1. The standard InChI is InChI=1S/C20H16FN3O3S/c1-9-3-11(17-14(4-9)23-16(26-2)7-22-17)20-24-15-6-13(21)18-12(19(15)28-20)5-10(8-25)27-18/h3-4,6-7,10,25H,5,8H2,1-2H3/t10-/m1/s1. The minimum absolute atomic E-state index is 0.152. The van der Waals surface area contributed by atoms with E-state index in [4.69, 9.17) is 9.47 Å². The second-order valence-corrected chi connectivity index (χ2v) is 7.75. The molecule has 1 aliphatic heterocycles. The lowest BCUT2D eigenvalue weighted by atomic mass is 10.1. The van der Waals surface area contributed by atoms with Crippen LogP contribution in [0.1, 0.15) is 11.1 Å². The lowest BCUT2D eigenvalue weighted by Gasteiger charge is -2.06. The quantitative estimate of drug-likeness (QED) is 0.569. The molecular weight excluding hydrogens is 381 g/mol. The molecule has 1 N–H and O–H groups in total. The molecule has 0 spiro atoms. The Morgan fingerprint density at radius 2 is 2.14 bits per heavy atom. The molecule has 142 valence electrons. The normalized spacial score (nSPS) is 15.8. The number of aryl methyl sites for hydroxylation is 1. The number of rotatable bonds is 3. The Morgan fingerprint density at radius 1 is 1.29 bits per heavy atom. The number of thiazole rings is 1. The van der Waals surface area contributed by atoms with E-state index in [1.165, 1.54) is 17.4 Å². The van der Waals surface area contributed by atoms with Crippen molar-refractivity contribution in [2.45, 2.75) is 19.4 Å². The molecule has 5 rings (SSSR count). The summed E-state index contributed by atoms with van der Waals surface area (Å²) < 4.78 is 26.1. The van der Waals surface area contributed by atoms with Crippen molar-refractivity contribution >= 4 is 32.6 Å². The topological polar surface area (TPSA) is 77.4 Å².